The average molecular weight is 503 g/mol. The van der Waals surface area contributed by atoms with Crippen molar-refractivity contribution in [2.24, 2.45) is 5.73 Å². The van der Waals surface area contributed by atoms with Gasteiger partial charge in [-0.25, -0.2) is 0 Å². The second-order valence-corrected chi connectivity index (χ2v) is 9.15. The molecule has 0 fully saturated rings. The molecule has 0 bridgehead atoms. The van der Waals surface area contributed by atoms with Crippen LogP contribution in [0.25, 0.3) is 10.8 Å². The van der Waals surface area contributed by atoms with Crippen LogP contribution in [0.4, 0.5) is 5.69 Å². The first kappa shape index (κ1) is 26.2. The van der Waals surface area contributed by atoms with E-state index >= 15 is 0 Å². The van der Waals surface area contributed by atoms with Gasteiger partial charge in [0.25, 0.3) is 0 Å². The number of carbonyl (C=O) groups excluding carboxylic acids is 3. The largest absolute Gasteiger partial charge is 0.491 e. The second kappa shape index (κ2) is 12.9. The van der Waals surface area contributed by atoms with Gasteiger partial charge in [-0.2, -0.15) is 0 Å². The highest BCUT2D eigenvalue weighted by atomic mass is 16.5. The van der Waals surface area contributed by atoms with Crippen LogP contribution in [0, 0.1) is 0 Å². The van der Waals surface area contributed by atoms with Crippen molar-refractivity contribution in [1.29, 1.82) is 0 Å². The maximum Gasteiger partial charge on any atom is 0.242 e. The maximum atomic E-state index is 12.9. The molecule has 4 N–H and O–H groups in total. The Labute approximate surface area is 217 Å². The fourth-order valence-electron chi connectivity index (χ4n) is 4.48. The van der Waals surface area contributed by atoms with Crippen molar-refractivity contribution >= 4 is 34.2 Å². The molecular formula is C29H34N4O4. The molecule has 0 saturated heterocycles. The lowest BCUT2D eigenvalue weighted by molar-refractivity contribution is -0.129. The van der Waals surface area contributed by atoms with E-state index in [1.165, 1.54) is 0 Å². The summed E-state index contributed by atoms with van der Waals surface area (Å²) >= 11 is 0. The third-order valence-corrected chi connectivity index (χ3v) is 6.40. The van der Waals surface area contributed by atoms with E-state index in [1.54, 1.807) is 4.90 Å². The number of anilines is 1. The monoisotopic (exact) mass is 502 g/mol. The van der Waals surface area contributed by atoms with E-state index in [0.717, 1.165) is 22.0 Å². The molecule has 0 aliphatic carbocycles. The van der Waals surface area contributed by atoms with Crippen LogP contribution in [0.15, 0.2) is 66.7 Å². The maximum absolute atomic E-state index is 12.9. The first-order valence-electron chi connectivity index (χ1n) is 12.8. The van der Waals surface area contributed by atoms with E-state index < -0.39 is 6.04 Å². The summed E-state index contributed by atoms with van der Waals surface area (Å²) in [4.78, 5) is 40.1. The van der Waals surface area contributed by atoms with Gasteiger partial charge in [-0.1, -0.05) is 54.6 Å². The minimum Gasteiger partial charge on any atom is -0.491 e. The van der Waals surface area contributed by atoms with E-state index in [4.69, 9.17) is 10.5 Å². The molecule has 3 aromatic carbocycles. The number of benzene rings is 3. The van der Waals surface area contributed by atoms with Crippen molar-refractivity contribution in [3.8, 4) is 5.75 Å². The van der Waals surface area contributed by atoms with Gasteiger partial charge in [0, 0.05) is 25.9 Å². The lowest BCUT2D eigenvalue weighted by Gasteiger charge is -2.22. The van der Waals surface area contributed by atoms with Gasteiger partial charge in [0.05, 0.1) is 18.7 Å². The number of hydrogen-bond acceptors (Lipinski definition) is 5. The predicted molar refractivity (Wildman–Crippen MR) is 144 cm³/mol. The number of nitrogens with two attached hydrogens (primary N) is 1. The van der Waals surface area contributed by atoms with Gasteiger partial charge in [-0.3, -0.25) is 14.4 Å². The lowest BCUT2D eigenvalue weighted by Crippen LogP contribution is -2.48. The predicted octanol–water partition coefficient (Wildman–Crippen LogP) is 2.93. The molecular weight excluding hydrogens is 468 g/mol. The molecule has 0 aromatic heterocycles. The molecule has 3 aromatic rings. The highest BCUT2D eigenvalue weighted by Crippen LogP contribution is 2.31. The highest BCUT2D eigenvalue weighted by molar-refractivity contribution is 5.95. The molecule has 1 atom stereocenters. The van der Waals surface area contributed by atoms with Crippen LogP contribution in [0.3, 0.4) is 0 Å². The normalized spacial score (nSPS) is 13.9. The lowest BCUT2D eigenvalue weighted by atomic mass is 10.0. The molecule has 194 valence electrons. The number of carbonyl (C=O) groups is 3. The summed E-state index contributed by atoms with van der Waals surface area (Å²) in [6, 6.07) is 20.8. The number of ether oxygens (including phenoxy) is 1. The Morgan fingerprint density at radius 1 is 1.00 bits per heavy atom. The molecule has 4 rings (SSSR count). The molecule has 1 aliphatic heterocycles. The van der Waals surface area contributed by atoms with Gasteiger partial charge in [-0.15, -0.1) is 0 Å². The van der Waals surface area contributed by atoms with Gasteiger partial charge in [0.1, 0.15) is 11.8 Å². The Morgan fingerprint density at radius 3 is 2.62 bits per heavy atom. The average Bonchev–Trinajstić information content (AvgIpc) is 3.06. The number of hydrogen-bond donors (Lipinski definition) is 3. The Kier molecular flexibility index (Phi) is 9.10. The summed E-state index contributed by atoms with van der Waals surface area (Å²) in [6.45, 7) is 1.66. The molecule has 0 unspecified atom stereocenters. The number of amides is 3. The SMILES string of the molecule is NCCCNC(=O)[C@@H](Cc1ccc2ccccc2c1)NC(=O)CCCN1C(=O)CCOc2ccccc21. The quantitative estimate of drug-likeness (QED) is 0.349. The summed E-state index contributed by atoms with van der Waals surface area (Å²) in [5.74, 6) is 0.177. The minimum absolute atomic E-state index is 0.0289. The molecule has 8 nitrogen and oxygen atoms in total. The van der Waals surface area contributed by atoms with Crippen LogP contribution in [0.5, 0.6) is 5.75 Å². The smallest absolute Gasteiger partial charge is 0.242 e. The molecule has 3 amide bonds. The van der Waals surface area contributed by atoms with Gasteiger partial charge < -0.3 is 26.0 Å². The van der Waals surface area contributed by atoms with Crippen LogP contribution in [-0.2, 0) is 20.8 Å². The zero-order chi connectivity index (χ0) is 26.0. The summed E-state index contributed by atoms with van der Waals surface area (Å²) < 4.78 is 5.69. The van der Waals surface area contributed by atoms with E-state index in [1.807, 2.05) is 66.7 Å². The molecule has 0 spiro atoms. The molecule has 1 aliphatic rings. The fourth-order valence-corrected chi connectivity index (χ4v) is 4.48. The number of nitrogens with zero attached hydrogens (tertiary/aromatic N) is 1. The summed E-state index contributed by atoms with van der Waals surface area (Å²) in [6.07, 6.45) is 1.98. The van der Waals surface area contributed by atoms with Crippen LogP contribution < -0.4 is 26.0 Å². The summed E-state index contributed by atoms with van der Waals surface area (Å²) in [5.41, 5.74) is 7.24. The summed E-state index contributed by atoms with van der Waals surface area (Å²) in [7, 11) is 0. The molecule has 0 saturated carbocycles. The number of para-hydroxylation sites is 2. The topological polar surface area (TPSA) is 114 Å². The van der Waals surface area contributed by atoms with Gasteiger partial charge >= 0.3 is 0 Å². The van der Waals surface area contributed by atoms with E-state index in [2.05, 4.69) is 10.6 Å². The van der Waals surface area contributed by atoms with Crippen molar-refractivity contribution in [2.75, 3.05) is 31.1 Å². The molecule has 37 heavy (non-hydrogen) atoms. The van der Waals surface area contributed by atoms with Crippen LogP contribution in [0.1, 0.15) is 31.2 Å². The van der Waals surface area contributed by atoms with E-state index in [9.17, 15) is 14.4 Å². The Balaban J connectivity index is 1.38. The number of nitrogens with one attached hydrogen (secondary N) is 2. The number of rotatable bonds is 11. The fraction of sp³-hybridized carbons (Fsp3) is 0.345. The zero-order valence-corrected chi connectivity index (χ0v) is 20.9. The highest BCUT2D eigenvalue weighted by Gasteiger charge is 2.24. The van der Waals surface area contributed by atoms with E-state index in [-0.39, 0.29) is 30.6 Å². The standard InChI is InChI=1S/C29H34N4O4/c30-15-6-16-31-29(36)24(20-21-12-13-22-7-1-2-8-23(22)19-21)32-27(34)11-5-17-33-25-9-3-4-10-26(25)37-18-14-28(33)35/h1-4,7-10,12-13,19,24H,5-6,11,14-18,20,30H2,(H,31,36)(H,32,34)/t24-/m1/s1. The second-order valence-electron chi connectivity index (χ2n) is 9.15. The zero-order valence-electron chi connectivity index (χ0n) is 20.9. The molecule has 0 radical (unpaired) electrons. The van der Waals surface area contributed by atoms with Gasteiger partial charge in [-0.05, 0) is 47.9 Å². The van der Waals surface area contributed by atoms with Crippen LogP contribution in [0.2, 0.25) is 0 Å². The third-order valence-electron chi connectivity index (χ3n) is 6.40. The number of fused-ring (bicyclic) bond motifs is 2. The van der Waals surface area contributed by atoms with Gasteiger partial charge in [0.15, 0.2) is 0 Å². The summed E-state index contributed by atoms with van der Waals surface area (Å²) in [5, 5.41) is 7.99. The Morgan fingerprint density at radius 2 is 1.78 bits per heavy atom. The Bertz CT molecular complexity index is 1250. The van der Waals surface area contributed by atoms with Crippen LogP contribution >= 0.6 is 0 Å². The first-order chi connectivity index (χ1) is 18.0. The van der Waals surface area contributed by atoms with Crippen molar-refractivity contribution < 1.29 is 19.1 Å². The third kappa shape index (κ3) is 7.07. The minimum atomic E-state index is -0.708. The van der Waals surface area contributed by atoms with Crippen LogP contribution in [-0.4, -0.2) is 50.0 Å². The van der Waals surface area contributed by atoms with Gasteiger partial charge in [0.2, 0.25) is 17.7 Å². The first-order valence-corrected chi connectivity index (χ1v) is 12.8. The Hall–Kier alpha value is -3.91. The van der Waals surface area contributed by atoms with Crippen molar-refractivity contribution in [2.45, 2.75) is 38.1 Å². The van der Waals surface area contributed by atoms with Crippen molar-refractivity contribution in [3.05, 3.63) is 72.3 Å². The molecule has 8 heteroatoms. The van der Waals surface area contributed by atoms with Crippen molar-refractivity contribution in [3.63, 3.8) is 0 Å². The van der Waals surface area contributed by atoms with E-state index in [0.29, 0.717) is 51.3 Å². The van der Waals surface area contributed by atoms with Crippen molar-refractivity contribution in [1.82, 2.24) is 10.6 Å². The molecule has 1 heterocycles.